The highest BCUT2D eigenvalue weighted by atomic mass is 16.4. The Labute approximate surface area is 129 Å². The molecule has 8 nitrogen and oxygen atoms in total. The van der Waals surface area contributed by atoms with Crippen LogP contribution in [-0.4, -0.2) is 58.7 Å². The van der Waals surface area contributed by atoms with E-state index in [1.807, 2.05) is 20.8 Å². The van der Waals surface area contributed by atoms with E-state index in [0.29, 0.717) is 12.8 Å². The topological polar surface area (TPSA) is 130 Å². The van der Waals surface area contributed by atoms with Crippen LogP contribution in [-0.2, 0) is 19.2 Å². The number of aldehydes is 1. The SMILES string of the molecule is CC(C)[C@H](N)C(=O)N1CC(C)[C@H]1C(=O)N[C@H](C=O)CC(=O)O. The first-order chi connectivity index (χ1) is 10.2. The number of aliphatic carboxylic acids is 1. The molecule has 0 aromatic heterocycles. The van der Waals surface area contributed by atoms with Gasteiger partial charge in [0, 0.05) is 12.5 Å². The van der Waals surface area contributed by atoms with Crippen molar-refractivity contribution in [2.45, 2.75) is 45.3 Å². The first-order valence-electron chi connectivity index (χ1n) is 7.22. The van der Waals surface area contributed by atoms with Crippen molar-refractivity contribution < 1.29 is 24.3 Å². The van der Waals surface area contributed by atoms with Crippen LogP contribution in [0.15, 0.2) is 0 Å². The number of amides is 2. The number of nitrogens with one attached hydrogen (secondary N) is 1. The lowest BCUT2D eigenvalue weighted by Gasteiger charge is -2.46. The fraction of sp³-hybridized carbons (Fsp3) is 0.714. The molecule has 1 fully saturated rings. The number of hydrogen-bond acceptors (Lipinski definition) is 5. The summed E-state index contributed by atoms with van der Waals surface area (Å²) in [5, 5.41) is 11.0. The number of nitrogens with zero attached hydrogens (tertiary/aromatic N) is 1. The number of rotatable bonds is 7. The van der Waals surface area contributed by atoms with E-state index >= 15 is 0 Å². The normalized spacial score (nSPS) is 23.4. The lowest BCUT2D eigenvalue weighted by molar-refractivity contribution is -0.155. The molecule has 1 saturated heterocycles. The highest BCUT2D eigenvalue weighted by Crippen LogP contribution is 2.26. The number of carbonyl (C=O) groups excluding carboxylic acids is 3. The first-order valence-corrected chi connectivity index (χ1v) is 7.22. The summed E-state index contributed by atoms with van der Waals surface area (Å²) in [5.74, 6) is -2.15. The molecule has 0 spiro atoms. The van der Waals surface area contributed by atoms with Crippen molar-refractivity contribution in [2.24, 2.45) is 17.6 Å². The Hall–Kier alpha value is -1.96. The number of carboxylic acids is 1. The van der Waals surface area contributed by atoms with Gasteiger partial charge < -0.3 is 25.9 Å². The number of carboxylic acid groups (broad SMARTS) is 1. The Kier molecular flexibility index (Phi) is 6.04. The van der Waals surface area contributed by atoms with Gasteiger partial charge in [-0.2, -0.15) is 0 Å². The van der Waals surface area contributed by atoms with E-state index in [-0.39, 0.29) is 17.7 Å². The van der Waals surface area contributed by atoms with Crippen LogP contribution in [0.1, 0.15) is 27.2 Å². The van der Waals surface area contributed by atoms with Crippen LogP contribution in [0, 0.1) is 11.8 Å². The maximum atomic E-state index is 12.2. The van der Waals surface area contributed by atoms with Crippen molar-refractivity contribution in [1.82, 2.24) is 10.2 Å². The van der Waals surface area contributed by atoms with Gasteiger partial charge in [0.25, 0.3) is 0 Å². The third-order valence-electron chi connectivity index (χ3n) is 3.80. The molecule has 1 rings (SSSR count). The summed E-state index contributed by atoms with van der Waals surface area (Å²) in [4.78, 5) is 47.2. The molecule has 1 aliphatic heterocycles. The van der Waals surface area contributed by atoms with Crippen LogP contribution in [0.2, 0.25) is 0 Å². The summed E-state index contributed by atoms with van der Waals surface area (Å²) in [5.41, 5.74) is 5.81. The molecule has 1 aliphatic rings. The molecule has 8 heteroatoms. The molecule has 2 amide bonds. The van der Waals surface area contributed by atoms with Gasteiger partial charge in [-0.05, 0) is 5.92 Å². The monoisotopic (exact) mass is 313 g/mol. The Morgan fingerprint density at radius 3 is 2.41 bits per heavy atom. The minimum absolute atomic E-state index is 0.0538. The van der Waals surface area contributed by atoms with Gasteiger partial charge in [-0.3, -0.25) is 14.4 Å². The molecular weight excluding hydrogens is 290 g/mol. The highest BCUT2D eigenvalue weighted by Gasteiger charge is 2.45. The highest BCUT2D eigenvalue weighted by molar-refractivity contribution is 5.93. The van der Waals surface area contributed by atoms with Gasteiger partial charge in [0.2, 0.25) is 11.8 Å². The van der Waals surface area contributed by atoms with E-state index in [0.717, 1.165) is 0 Å². The lowest BCUT2D eigenvalue weighted by atomic mass is 9.87. The quantitative estimate of drug-likeness (QED) is 0.516. The largest absolute Gasteiger partial charge is 0.481 e. The summed E-state index contributed by atoms with van der Waals surface area (Å²) in [6.45, 7) is 5.86. The molecule has 0 saturated carbocycles. The zero-order valence-corrected chi connectivity index (χ0v) is 13.0. The van der Waals surface area contributed by atoms with Gasteiger partial charge in [0.15, 0.2) is 0 Å². The molecule has 0 radical (unpaired) electrons. The molecule has 4 atom stereocenters. The fourth-order valence-corrected chi connectivity index (χ4v) is 2.39. The zero-order chi connectivity index (χ0) is 17.0. The summed E-state index contributed by atoms with van der Waals surface area (Å²) in [6.07, 6.45) is -0.114. The van der Waals surface area contributed by atoms with E-state index < -0.39 is 36.4 Å². The average molecular weight is 313 g/mol. The number of likely N-dealkylation sites (tertiary alicyclic amines) is 1. The van der Waals surface area contributed by atoms with Crippen LogP contribution in [0.25, 0.3) is 0 Å². The van der Waals surface area contributed by atoms with Crippen molar-refractivity contribution in [2.75, 3.05) is 6.54 Å². The first kappa shape index (κ1) is 18.1. The van der Waals surface area contributed by atoms with Crippen molar-refractivity contribution in [3.63, 3.8) is 0 Å². The van der Waals surface area contributed by atoms with Gasteiger partial charge in [-0.1, -0.05) is 20.8 Å². The van der Waals surface area contributed by atoms with Crippen LogP contribution in [0.5, 0.6) is 0 Å². The molecular formula is C14H23N3O5. The van der Waals surface area contributed by atoms with Gasteiger partial charge in [-0.25, -0.2) is 0 Å². The van der Waals surface area contributed by atoms with Crippen LogP contribution in [0.3, 0.4) is 0 Å². The maximum absolute atomic E-state index is 12.2. The van der Waals surface area contributed by atoms with E-state index in [2.05, 4.69) is 5.32 Å². The van der Waals surface area contributed by atoms with Crippen molar-refractivity contribution >= 4 is 24.1 Å². The zero-order valence-electron chi connectivity index (χ0n) is 13.0. The molecule has 0 aromatic rings. The van der Waals surface area contributed by atoms with E-state index in [1.54, 1.807) is 0 Å². The lowest BCUT2D eigenvalue weighted by Crippen LogP contribution is -2.67. The molecule has 1 unspecified atom stereocenters. The molecule has 22 heavy (non-hydrogen) atoms. The third-order valence-corrected chi connectivity index (χ3v) is 3.80. The minimum Gasteiger partial charge on any atom is -0.481 e. The standard InChI is InChI=1S/C14H23N3O5/c1-7(2)11(15)14(22)17-5-8(3)12(17)13(21)16-9(6-18)4-10(19)20/h6-9,11-12H,4-5,15H2,1-3H3,(H,16,21)(H,19,20)/t8?,9-,11-,12-/m0/s1. The van der Waals surface area contributed by atoms with Crippen molar-refractivity contribution in [1.29, 1.82) is 0 Å². The van der Waals surface area contributed by atoms with Gasteiger partial charge >= 0.3 is 5.97 Å². The number of carbonyl (C=O) groups is 4. The van der Waals surface area contributed by atoms with Crippen LogP contribution in [0.4, 0.5) is 0 Å². The summed E-state index contributed by atoms with van der Waals surface area (Å²) in [7, 11) is 0. The predicted octanol–water partition coefficient (Wildman–Crippen LogP) is -1.02. The van der Waals surface area contributed by atoms with E-state index in [9.17, 15) is 19.2 Å². The second-order valence-corrected chi connectivity index (χ2v) is 6.03. The Morgan fingerprint density at radius 1 is 1.41 bits per heavy atom. The Bertz CT molecular complexity index is 465. The van der Waals surface area contributed by atoms with E-state index in [1.165, 1.54) is 4.90 Å². The predicted molar refractivity (Wildman–Crippen MR) is 77.7 cm³/mol. The van der Waals surface area contributed by atoms with Crippen LogP contribution < -0.4 is 11.1 Å². The van der Waals surface area contributed by atoms with Gasteiger partial charge in [0.05, 0.1) is 18.5 Å². The molecule has 0 aliphatic carbocycles. The molecule has 1 heterocycles. The van der Waals surface area contributed by atoms with Crippen molar-refractivity contribution in [3.05, 3.63) is 0 Å². The molecule has 0 bridgehead atoms. The molecule has 124 valence electrons. The smallest absolute Gasteiger partial charge is 0.305 e. The number of nitrogens with two attached hydrogens (primary N) is 1. The van der Waals surface area contributed by atoms with Gasteiger partial charge in [-0.15, -0.1) is 0 Å². The fourth-order valence-electron chi connectivity index (χ4n) is 2.39. The summed E-state index contributed by atoms with van der Waals surface area (Å²) in [6, 6.07) is -2.51. The maximum Gasteiger partial charge on any atom is 0.305 e. The second-order valence-electron chi connectivity index (χ2n) is 6.03. The van der Waals surface area contributed by atoms with E-state index in [4.69, 9.17) is 10.8 Å². The van der Waals surface area contributed by atoms with Crippen LogP contribution >= 0.6 is 0 Å². The average Bonchev–Trinajstić information content (AvgIpc) is 2.41. The molecule has 4 N–H and O–H groups in total. The van der Waals surface area contributed by atoms with Gasteiger partial charge in [0.1, 0.15) is 12.3 Å². The second kappa shape index (κ2) is 7.35. The number of hydrogen-bond donors (Lipinski definition) is 3. The minimum atomic E-state index is -1.19. The Balaban J connectivity index is 2.72. The Morgan fingerprint density at radius 2 is 2.00 bits per heavy atom. The molecule has 0 aromatic carbocycles. The summed E-state index contributed by atoms with van der Waals surface area (Å²) >= 11 is 0. The third kappa shape index (κ3) is 4.03. The van der Waals surface area contributed by atoms with Crippen molar-refractivity contribution in [3.8, 4) is 0 Å². The summed E-state index contributed by atoms with van der Waals surface area (Å²) < 4.78 is 0.